The summed E-state index contributed by atoms with van der Waals surface area (Å²) in [5, 5.41) is 0. The lowest BCUT2D eigenvalue weighted by atomic mass is 9.82. The molecule has 0 spiro atoms. The van der Waals surface area contributed by atoms with Crippen molar-refractivity contribution in [2.24, 2.45) is 11.8 Å². The van der Waals surface area contributed by atoms with Gasteiger partial charge in [0.25, 0.3) is 0 Å². The Kier molecular flexibility index (Phi) is 2.11. The van der Waals surface area contributed by atoms with Crippen LogP contribution in [-0.4, -0.2) is 0 Å². The molecule has 2 aliphatic carbocycles. The van der Waals surface area contributed by atoms with Gasteiger partial charge in [0.1, 0.15) is 5.76 Å². The van der Waals surface area contributed by atoms with E-state index in [0.717, 1.165) is 17.8 Å². The van der Waals surface area contributed by atoms with E-state index in [9.17, 15) is 0 Å². The van der Waals surface area contributed by atoms with Crippen LogP contribution in [0.5, 0.6) is 0 Å². The summed E-state index contributed by atoms with van der Waals surface area (Å²) in [6.07, 6.45) is 10.5. The van der Waals surface area contributed by atoms with Crippen molar-refractivity contribution in [3.05, 3.63) is 24.2 Å². The summed E-state index contributed by atoms with van der Waals surface area (Å²) in [5.74, 6) is 4.00. The molecule has 2 aliphatic rings. The van der Waals surface area contributed by atoms with Gasteiger partial charge in [-0.1, -0.05) is 25.7 Å². The maximum Gasteiger partial charge on any atom is 0.106 e. The van der Waals surface area contributed by atoms with E-state index >= 15 is 0 Å². The number of hydrogen-bond acceptors (Lipinski definition) is 1. The minimum absolute atomic E-state index is 0.734. The second-order valence-corrected chi connectivity index (χ2v) is 4.99. The van der Waals surface area contributed by atoms with Gasteiger partial charge in [0.05, 0.1) is 6.26 Å². The molecular formula is C13H18O. The highest BCUT2D eigenvalue weighted by molar-refractivity contribution is 5.09. The Balaban J connectivity index is 1.74. The molecular weight excluding hydrogens is 172 g/mol. The van der Waals surface area contributed by atoms with Crippen molar-refractivity contribution in [1.29, 1.82) is 0 Å². The zero-order valence-electron chi connectivity index (χ0n) is 8.61. The summed E-state index contributed by atoms with van der Waals surface area (Å²) in [4.78, 5) is 0. The van der Waals surface area contributed by atoms with E-state index in [1.54, 1.807) is 0 Å². The first-order valence-electron chi connectivity index (χ1n) is 5.97. The summed E-state index contributed by atoms with van der Waals surface area (Å²) in [5.41, 5.74) is 0. The molecule has 0 saturated heterocycles. The van der Waals surface area contributed by atoms with E-state index in [1.807, 2.05) is 12.3 Å². The second kappa shape index (κ2) is 3.45. The predicted molar refractivity (Wildman–Crippen MR) is 56.1 cm³/mol. The fraction of sp³-hybridized carbons (Fsp3) is 0.692. The average Bonchev–Trinajstić information content (AvgIpc) is 2.86. The molecule has 0 N–H and O–H groups in total. The van der Waals surface area contributed by atoms with Crippen molar-refractivity contribution in [3.8, 4) is 0 Å². The molecule has 0 aliphatic heterocycles. The maximum absolute atomic E-state index is 5.52. The molecule has 1 aromatic heterocycles. The van der Waals surface area contributed by atoms with Crippen molar-refractivity contribution in [3.63, 3.8) is 0 Å². The van der Waals surface area contributed by atoms with E-state index in [0.29, 0.717) is 0 Å². The van der Waals surface area contributed by atoms with Crippen molar-refractivity contribution in [2.45, 2.75) is 44.4 Å². The van der Waals surface area contributed by atoms with Gasteiger partial charge in [-0.3, -0.25) is 0 Å². The van der Waals surface area contributed by atoms with Gasteiger partial charge in [-0.05, 0) is 36.8 Å². The SMILES string of the molecule is c1coc(C2CC3CCCCC3C2)c1. The lowest BCUT2D eigenvalue weighted by Crippen LogP contribution is -2.12. The summed E-state index contributed by atoms with van der Waals surface area (Å²) in [6.45, 7) is 0. The Labute approximate surface area is 85.5 Å². The third-order valence-corrected chi connectivity index (χ3v) is 4.19. The maximum atomic E-state index is 5.52. The largest absolute Gasteiger partial charge is 0.469 e. The first kappa shape index (κ1) is 8.58. The normalized spacial score (nSPS) is 37.0. The molecule has 2 fully saturated rings. The minimum atomic E-state index is 0.734. The van der Waals surface area contributed by atoms with Gasteiger partial charge in [0, 0.05) is 5.92 Å². The molecule has 2 unspecified atom stereocenters. The lowest BCUT2D eigenvalue weighted by Gasteiger charge is -2.24. The summed E-state index contributed by atoms with van der Waals surface area (Å²) >= 11 is 0. The number of hydrogen-bond donors (Lipinski definition) is 0. The molecule has 3 rings (SSSR count). The molecule has 1 heteroatoms. The van der Waals surface area contributed by atoms with Crippen LogP contribution < -0.4 is 0 Å². The molecule has 14 heavy (non-hydrogen) atoms. The smallest absolute Gasteiger partial charge is 0.106 e. The van der Waals surface area contributed by atoms with Gasteiger partial charge in [-0.15, -0.1) is 0 Å². The van der Waals surface area contributed by atoms with E-state index in [-0.39, 0.29) is 0 Å². The first-order chi connectivity index (χ1) is 6.93. The lowest BCUT2D eigenvalue weighted by molar-refractivity contribution is 0.277. The predicted octanol–water partition coefficient (Wildman–Crippen LogP) is 3.96. The van der Waals surface area contributed by atoms with Crippen molar-refractivity contribution < 1.29 is 4.42 Å². The summed E-state index contributed by atoms with van der Waals surface area (Å²) in [6, 6.07) is 4.18. The highest BCUT2D eigenvalue weighted by Crippen LogP contribution is 2.48. The van der Waals surface area contributed by atoms with Crippen LogP contribution in [-0.2, 0) is 0 Å². The summed E-state index contributed by atoms with van der Waals surface area (Å²) in [7, 11) is 0. The highest BCUT2D eigenvalue weighted by atomic mass is 16.3. The number of furan rings is 1. The van der Waals surface area contributed by atoms with Crippen LogP contribution >= 0.6 is 0 Å². The van der Waals surface area contributed by atoms with Gasteiger partial charge >= 0.3 is 0 Å². The fourth-order valence-corrected chi connectivity index (χ4v) is 3.49. The van der Waals surface area contributed by atoms with E-state index in [2.05, 4.69) is 6.07 Å². The Morgan fingerprint density at radius 3 is 2.36 bits per heavy atom. The van der Waals surface area contributed by atoms with Crippen LogP contribution in [0.4, 0.5) is 0 Å². The minimum Gasteiger partial charge on any atom is -0.469 e. The molecule has 0 amide bonds. The second-order valence-electron chi connectivity index (χ2n) is 4.99. The third-order valence-electron chi connectivity index (χ3n) is 4.19. The fourth-order valence-electron chi connectivity index (χ4n) is 3.49. The van der Waals surface area contributed by atoms with Crippen molar-refractivity contribution in [1.82, 2.24) is 0 Å². The molecule has 0 bridgehead atoms. The number of rotatable bonds is 1. The van der Waals surface area contributed by atoms with E-state index in [4.69, 9.17) is 4.42 Å². The van der Waals surface area contributed by atoms with Gasteiger partial charge in [-0.2, -0.15) is 0 Å². The quantitative estimate of drug-likeness (QED) is 0.653. The van der Waals surface area contributed by atoms with Crippen LogP contribution in [0.2, 0.25) is 0 Å². The zero-order chi connectivity index (χ0) is 9.38. The Morgan fingerprint density at radius 1 is 1.07 bits per heavy atom. The standard InChI is InChI=1S/C13H18O/c1-2-5-11-9-12(8-10(11)4-1)13-6-3-7-14-13/h3,6-7,10-12H,1-2,4-5,8-9H2. The molecule has 1 aromatic rings. The van der Waals surface area contributed by atoms with Crippen LogP contribution in [0, 0.1) is 11.8 Å². The van der Waals surface area contributed by atoms with Gasteiger partial charge in [0.15, 0.2) is 0 Å². The molecule has 0 aromatic carbocycles. The van der Waals surface area contributed by atoms with E-state index in [1.165, 1.54) is 44.3 Å². The molecule has 1 nitrogen and oxygen atoms in total. The molecule has 2 atom stereocenters. The molecule has 0 radical (unpaired) electrons. The Bertz CT molecular complexity index is 274. The highest BCUT2D eigenvalue weighted by Gasteiger charge is 2.37. The molecule has 1 heterocycles. The number of fused-ring (bicyclic) bond motifs is 1. The van der Waals surface area contributed by atoms with Gasteiger partial charge < -0.3 is 4.42 Å². The third kappa shape index (κ3) is 1.39. The van der Waals surface area contributed by atoms with Gasteiger partial charge in [-0.25, -0.2) is 0 Å². The van der Waals surface area contributed by atoms with Crippen LogP contribution in [0.25, 0.3) is 0 Å². The van der Waals surface area contributed by atoms with E-state index < -0.39 is 0 Å². The van der Waals surface area contributed by atoms with Crippen LogP contribution in [0.1, 0.15) is 50.2 Å². The van der Waals surface area contributed by atoms with Crippen LogP contribution in [0.15, 0.2) is 22.8 Å². The van der Waals surface area contributed by atoms with Crippen molar-refractivity contribution in [2.75, 3.05) is 0 Å². The molecule has 76 valence electrons. The summed E-state index contributed by atoms with van der Waals surface area (Å²) < 4.78 is 5.52. The Morgan fingerprint density at radius 2 is 1.79 bits per heavy atom. The molecule has 2 saturated carbocycles. The van der Waals surface area contributed by atoms with Gasteiger partial charge in [0.2, 0.25) is 0 Å². The first-order valence-corrected chi connectivity index (χ1v) is 5.97. The van der Waals surface area contributed by atoms with Crippen LogP contribution in [0.3, 0.4) is 0 Å². The van der Waals surface area contributed by atoms with Crippen molar-refractivity contribution >= 4 is 0 Å². The average molecular weight is 190 g/mol. The topological polar surface area (TPSA) is 13.1 Å². The zero-order valence-corrected chi connectivity index (χ0v) is 8.61. The monoisotopic (exact) mass is 190 g/mol. The Hall–Kier alpha value is -0.720.